The Morgan fingerprint density at radius 2 is 1.72 bits per heavy atom. The summed E-state index contributed by atoms with van der Waals surface area (Å²) in [5.74, 6) is 0.807. The Hall–Kier alpha value is -1.27. The Labute approximate surface area is 107 Å². The molecule has 2 N–H and O–H groups in total. The third-order valence-corrected chi connectivity index (χ3v) is 4.33. The summed E-state index contributed by atoms with van der Waals surface area (Å²) in [5.41, 5.74) is 6.53. The van der Waals surface area contributed by atoms with Gasteiger partial charge in [0, 0.05) is 23.4 Å². The Morgan fingerprint density at radius 3 is 2.11 bits per heavy atom. The highest BCUT2D eigenvalue weighted by Crippen LogP contribution is 2.48. The van der Waals surface area contributed by atoms with E-state index in [1.165, 1.54) is 20.3 Å². The van der Waals surface area contributed by atoms with Crippen LogP contribution in [0.3, 0.4) is 0 Å². The quantitative estimate of drug-likeness (QED) is 0.885. The number of benzene rings is 1. The van der Waals surface area contributed by atoms with Gasteiger partial charge in [-0.05, 0) is 18.9 Å². The smallest absolute Gasteiger partial charge is 0.179 e. The van der Waals surface area contributed by atoms with Crippen molar-refractivity contribution in [3.8, 4) is 11.5 Å². The van der Waals surface area contributed by atoms with E-state index in [0.717, 1.165) is 24.7 Å². The van der Waals surface area contributed by atoms with E-state index in [1.807, 2.05) is 0 Å². The molecule has 1 saturated carbocycles. The van der Waals surface area contributed by atoms with E-state index in [1.54, 1.807) is 6.07 Å². The minimum absolute atomic E-state index is 0.120. The number of nitrogens with two attached hydrogens (primary N) is 1. The van der Waals surface area contributed by atoms with Crippen LogP contribution in [0.1, 0.15) is 18.4 Å². The molecule has 0 unspecified atom stereocenters. The number of hydrogen-bond donors (Lipinski definition) is 1. The van der Waals surface area contributed by atoms with Gasteiger partial charge < -0.3 is 15.2 Å². The number of sulfone groups is 1. The Morgan fingerprint density at radius 1 is 1.17 bits per heavy atom. The van der Waals surface area contributed by atoms with E-state index in [2.05, 4.69) is 0 Å². The van der Waals surface area contributed by atoms with Gasteiger partial charge in [0.2, 0.25) is 0 Å². The fraction of sp³-hybridized carbons (Fsp3) is 0.500. The van der Waals surface area contributed by atoms with Crippen LogP contribution >= 0.6 is 0 Å². The van der Waals surface area contributed by atoms with Crippen LogP contribution in [0.5, 0.6) is 11.5 Å². The highest BCUT2D eigenvalue weighted by Gasteiger charge is 2.43. The van der Waals surface area contributed by atoms with Crippen LogP contribution in [0.15, 0.2) is 17.0 Å². The van der Waals surface area contributed by atoms with Gasteiger partial charge in [-0.15, -0.1) is 0 Å². The molecule has 1 aromatic rings. The van der Waals surface area contributed by atoms with E-state index < -0.39 is 15.4 Å². The summed E-state index contributed by atoms with van der Waals surface area (Å²) in [6.45, 7) is 0. The Balaban J connectivity index is 2.66. The van der Waals surface area contributed by atoms with Crippen LogP contribution in [0, 0.1) is 0 Å². The van der Waals surface area contributed by atoms with Crippen molar-refractivity contribution in [3.05, 3.63) is 17.7 Å². The lowest BCUT2D eigenvalue weighted by atomic mass is 10.0. The van der Waals surface area contributed by atoms with Gasteiger partial charge >= 0.3 is 0 Å². The molecule has 6 heteroatoms. The number of ether oxygens (including phenoxy) is 2. The highest BCUT2D eigenvalue weighted by molar-refractivity contribution is 7.90. The Bertz CT molecular complexity index is 576. The molecule has 0 aromatic heterocycles. The number of methoxy groups -OCH3 is 2. The maximum absolute atomic E-state index is 11.7. The van der Waals surface area contributed by atoms with E-state index >= 15 is 0 Å². The second-order valence-electron chi connectivity index (χ2n) is 4.63. The van der Waals surface area contributed by atoms with Gasteiger partial charge in [0.1, 0.15) is 16.4 Å². The lowest BCUT2D eigenvalue weighted by Crippen LogP contribution is -2.20. The van der Waals surface area contributed by atoms with Crippen molar-refractivity contribution in [1.82, 2.24) is 0 Å². The van der Waals surface area contributed by atoms with Crippen molar-refractivity contribution in [3.63, 3.8) is 0 Å². The second-order valence-corrected chi connectivity index (χ2v) is 6.62. The van der Waals surface area contributed by atoms with Crippen molar-refractivity contribution >= 4 is 9.84 Å². The maximum Gasteiger partial charge on any atom is 0.179 e. The molecule has 5 nitrogen and oxygen atoms in total. The van der Waals surface area contributed by atoms with Crippen LogP contribution < -0.4 is 15.2 Å². The fourth-order valence-corrected chi connectivity index (χ4v) is 2.78. The molecule has 1 fully saturated rings. The molecular weight excluding hydrogens is 254 g/mol. The molecule has 100 valence electrons. The minimum atomic E-state index is -3.37. The standard InChI is InChI=1S/C12H17NO4S/c1-16-9-7-11(18(3,14)15)10(17-2)6-8(9)12(13)4-5-12/h6-7H,4-5,13H2,1-3H3. The molecule has 0 aliphatic heterocycles. The predicted molar refractivity (Wildman–Crippen MR) is 67.8 cm³/mol. The maximum atomic E-state index is 11.7. The molecule has 0 spiro atoms. The van der Waals surface area contributed by atoms with Gasteiger partial charge in [0.25, 0.3) is 0 Å². The molecule has 2 rings (SSSR count). The zero-order valence-corrected chi connectivity index (χ0v) is 11.5. The van der Waals surface area contributed by atoms with Gasteiger partial charge in [-0.2, -0.15) is 0 Å². The van der Waals surface area contributed by atoms with E-state index in [0.29, 0.717) is 11.5 Å². The number of hydrogen-bond acceptors (Lipinski definition) is 5. The third kappa shape index (κ3) is 2.18. The van der Waals surface area contributed by atoms with Crippen LogP contribution in [0.2, 0.25) is 0 Å². The first-order chi connectivity index (χ1) is 8.31. The largest absolute Gasteiger partial charge is 0.496 e. The zero-order valence-electron chi connectivity index (χ0n) is 10.7. The van der Waals surface area contributed by atoms with Gasteiger partial charge in [0.15, 0.2) is 9.84 Å². The molecule has 1 aromatic carbocycles. The number of rotatable bonds is 4. The molecule has 0 radical (unpaired) electrons. The van der Waals surface area contributed by atoms with Crippen LogP contribution in [0.25, 0.3) is 0 Å². The predicted octanol–water partition coefficient (Wildman–Crippen LogP) is 1.06. The molecular formula is C12H17NO4S. The van der Waals surface area contributed by atoms with Crippen molar-refractivity contribution in [2.24, 2.45) is 5.73 Å². The SMILES string of the molecule is COc1cc(S(C)(=O)=O)c(OC)cc1C1(N)CC1. The van der Waals surface area contributed by atoms with Gasteiger partial charge in [-0.25, -0.2) is 8.42 Å². The van der Waals surface area contributed by atoms with E-state index in [4.69, 9.17) is 15.2 Å². The van der Waals surface area contributed by atoms with Crippen LogP contribution in [-0.4, -0.2) is 28.9 Å². The molecule has 1 aliphatic carbocycles. The zero-order chi connectivity index (χ0) is 13.6. The molecule has 0 saturated heterocycles. The normalized spacial score (nSPS) is 17.3. The first kappa shape index (κ1) is 13.2. The molecule has 0 heterocycles. The summed E-state index contributed by atoms with van der Waals surface area (Å²) in [6.07, 6.45) is 2.87. The summed E-state index contributed by atoms with van der Waals surface area (Å²) in [4.78, 5) is 0.120. The highest BCUT2D eigenvalue weighted by atomic mass is 32.2. The monoisotopic (exact) mass is 271 g/mol. The topological polar surface area (TPSA) is 78.6 Å². The van der Waals surface area contributed by atoms with Crippen molar-refractivity contribution in [1.29, 1.82) is 0 Å². The summed E-state index contributed by atoms with van der Waals surface area (Å²) in [5, 5.41) is 0. The van der Waals surface area contributed by atoms with Crippen molar-refractivity contribution in [2.75, 3.05) is 20.5 Å². The average Bonchev–Trinajstić information content (AvgIpc) is 3.05. The van der Waals surface area contributed by atoms with Gasteiger partial charge in [0.05, 0.1) is 14.2 Å². The van der Waals surface area contributed by atoms with E-state index in [-0.39, 0.29) is 4.90 Å². The molecule has 1 aliphatic rings. The lowest BCUT2D eigenvalue weighted by Gasteiger charge is -2.17. The minimum Gasteiger partial charge on any atom is -0.496 e. The van der Waals surface area contributed by atoms with Crippen LogP contribution in [-0.2, 0) is 15.4 Å². The molecule has 18 heavy (non-hydrogen) atoms. The third-order valence-electron chi connectivity index (χ3n) is 3.21. The fourth-order valence-electron chi connectivity index (χ4n) is 1.95. The van der Waals surface area contributed by atoms with Gasteiger partial charge in [-0.3, -0.25) is 0 Å². The second kappa shape index (κ2) is 4.13. The van der Waals surface area contributed by atoms with Gasteiger partial charge in [-0.1, -0.05) is 0 Å². The molecule has 0 atom stereocenters. The lowest BCUT2D eigenvalue weighted by molar-refractivity contribution is 0.385. The van der Waals surface area contributed by atoms with Crippen molar-refractivity contribution in [2.45, 2.75) is 23.3 Å². The van der Waals surface area contributed by atoms with Crippen molar-refractivity contribution < 1.29 is 17.9 Å². The molecule has 0 amide bonds. The van der Waals surface area contributed by atoms with Crippen LogP contribution in [0.4, 0.5) is 0 Å². The Kier molecular flexibility index (Phi) is 3.03. The average molecular weight is 271 g/mol. The summed E-state index contributed by atoms with van der Waals surface area (Å²) < 4.78 is 33.8. The first-order valence-electron chi connectivity index (χ1n) is 5.57. The van der Waals surface area contributed by atoms with E-state index in [9.17, 15) is 8.42 Å². The molecule has 0 bridgehead atoms. The first-order valence-corrected chi connectivity index (χ1v) is 7.46. The summed E-state index contributed by atoms with van der Waals surface area (Å²) in [7, 11) is -0.422. The summed E-state index contributed by atoms with van der Waals surface area (Å²) >= 11 is 0. The summed E-state index contributed by atoms with van der Waals surface area (Å²) in [6, 6.07) is 3.15.